The molecular formula is C27H28N4O4. The molecule has 0 bridgehead atoms. The SMILES string of the molecule is COc1cccc(Cc2cnc([C@H]3CCCCN3C(=O)c3cc(-c4cccc(OC)c4)n[nH]3)o2)c1. The molecule has 8 heteroatoms. The van der Waals surface area contributed by atoms with Crippen molar-refractivity contribution in [3.8, 4) is 22.8 Å². The lowest BCUT2D eigenvalue weighted by atomic mass is 10.0. The fourth-order valence-electron chi connectivity index (χ4n) is 4.49. The minimum atomic E-state index is -0.209. The van der Waals surface area contributed by atoms with Crippen LogP contribution in [0.1, 0.15) is 53.0 Å². The van der Waals surface area contributed by atoms with Crippen molar-refractivity contribution in [1.29, 1.82) is 0 Å². The van der Waals surface area contributed by atoms with Crippen LogP contribution in [-0.4, -0.2) is 46.8 Å². The number of nitrogens with zero attached hydrogens (tertiary/aromatic N) is 3. The normalized spacial score (nSPS) is 15.7. The van der Waals surface area contributed by atoms with Crippen LogP contribution in [0.2, 0.25) is 0 Å². The summed E-state index contributed by atoms with van der Waals surface area (Å²) in [4.78, 5) is 19.9. The number of carbonyl (C=O) groups excluding carboxylic acids is 1. The van der Waals surface area contributed by atoms with Gasteiger partial charge in [0.25, 0.3) is 5.91 Å². The maximum absolute atomic E-state index is 13.5. The molecule has 0 radical (unpaired) electrons. The Morgan fingerprint density at radius 1 is 1.09 bits per heavy atom. The van der Waals surface area contributed by atoms with Crippen LogP contribution in [0.25, 0.3) is 11.3 Å². The molecule has 1 saturated heterocycles. The van der Waals surface area contributed by atoms with Gasteiger partial charge >= 0.3 is 0 Å². The van der Waals surface area contributed by atoms with E-state index in [-0.39, 0.29) is 11.9 Å². The number of rotatable bonds is 7. The minimum absolute atomic E-state index is 0.108. The molecular weight excluding hydrogens is 444 g/mol. The first-order valence-corrected chi connectivity index (χ1v) is 11.7. The molecule has 1 atom stereocenters. The van der Waals surface area contributed by atoms with E-state index in [1.165, 1.54) is 0 Å². The van der Waals surface area contributed by atoms with Crippen molar-refractivity contribution in [2.75, 3.05) is 20.8 Å². The van der Waals surface area contributed by atoms with E-state index in [4.69, 9.17) is 13.9 Å². The molecule has 35 heavy (non-hydrogen) atoms. The summed E-state index contributed by atoms with van der Waals surface area (Å²) in [5, 5.41) is 7.28. The molecule has 2 aromatic carbocycles. The number of aromatic nitrogens is 3. The van der Waals surface area contributed by atoms with Gasteiger partial charge < -0.3 is 18.8 Å². The molecule has 180 valence electrons. The number of oxazole rings is 1. The van der Waals surface area contributed by atoms with Crippen LogP contribution in [-0.2, 0) is 6.42 Å². The third kappa shape index (κ3) is 4.91. The molecule has 1 aliphatic rings. The molecule has 1 fully saturated rings. The van der Waals surface area contributed by atoms with Crippen LogP contribution in [0.5, 0.6) is 11.5 Å². The van der Waals surface area contributed by atoms with E-state index in [2.05, 4.69) is 15.2 Å². The lowest BCUT2D eigenvalue weighted by Crippen LogP contribution is -2.38. The van der Waals surface area contributed by atoms with Gasteiger partial charge in [-0.25, -0.2) is 4.98 Å². The predicted molar refractivity (Wildman–Crippen MR) is 131 cm³/mol. The number of likely N-dealkylation sites (tertiary alicyclic amines) is 1. The quantitative estimate of drug-likeness (QED) is 0.405. The fraction of sp³-hybridized carbons (Fsp3) is 0.296. The van der Waals surface area contributed by atoms with Crippen LogP contribution >= 0.6 is 0 Å². The van der Waals surface area contributed by atoms with Gasteiger partial charge in [0.1, 0.15) is 29.0 Å². The number of carbonyl (C=O) groups is 1. The van der Waals surface area contributed by atoms with E-state index in [0.29, 0.717) is 30.2 Å². The molecule has 1 N–H and O–H groups in total. The van der Waals surface area contributed by atoms with E-state index < -0.39 is 0 Å². The molecule has 0 unspecified atom stereocenters. The average Bonchev–Trinajstić information content (AvgIpc) is 3.59. The van der Waals surface area contributed by atoms with Gasteiger partial charge in [-0.15, -0.1) is 0 Å². The van der Waals surface area contributed by atoms with E-state index in [1.807, 2.05) is 53.4 Å². The summed E-state index contributed by atoms with van der Waals surface area (Å²) in [7, 11) is 3.28. The predicted octanol–water partition coefficient (Wildman–Crippen LogP) is 5.04. The molecule has 1 amide bonds. The number of H-pyrrole nitrogens is 1. The zero-order chi connectivity index (χ0) is 24.2. The summed E-state index contributed by atoms with van der Waals surface area (Å²) >= 11 is 0. The van der Waals surface area contributed by atoms with Gasteiger partial charge in [-0.05, 0) is 55.2 Å². The van der Waals surface area contributed by atoms with E-state index in [0.717, 1.165) is 47.6 Å². The zero-order valence-electron chi connectivity index (χ0n) is 19.9. The van der Waals surface area contributed by atoms with Crippen LogP contribution in [0.15, 0.2) is 65.2 Å². The van der Waals surface area contributed by atoms with E-state index >= 15 is 0 Å². The smallest absolute Gasteiger partial charge is 0.272 e. The number of aromatic amines is 1. The highest BCUT2D eigenvalue weighted by atomic mass is 16.5. The summed E-state index contributed by atoms with van der Waals surface area (Å²) < 4.78 is 16.7. The Hall–Kier alpha value is -4.07. The van der Waals surface area contributed by atoms with Crippen molar-refractivity contribution in [2.24, 2.45) is 0 Å². The maximum Gasteiger partial charge on any atom is 0.272 e. The van der Waals surface area contributed by atoms with Crippen LogP contribution in [0, 0.1) is 0 Å². The van der Waals surface area contributed by atoms with Crippen molar-refractivity contribution in [1.82, 2.24) is 20.1 Å². The largest absolute Gasteiger partial charge is 0.497 e. The van der Waals surface area contributed by atoms with Crippen LogP contribution < -0.4 is 9.47 Å². The molecule has 8 nitrogen and oxygen atoms in total. The molecule has 2 aromatic heterocycles. The third-order valence-corrected chi connectivity index (χ3v) is 6.31. The molecule has 5 rings (SSSR count). The number of amides is 1. The second-order valence-electron chi connectivity index (χ2n) is 8.60. The van der Waals surface area contributed by atoms with Gasteiger partial charge in [0, 0.05) is 18.5 Å². The maximum atomic E-state index is 13.5. The molecule has 0 aliphatic carbocycles. The first kappa shape index (κ1) is 22.7. The van der Waals surface area contributed by atoms with Crippen molar-refractivity contribution >= 4 is 5.91 Å². The second-order valence-corrected chi connectivity index (χ2v) is 8.60. The number of ether oxygens (including phenoxy) is 2. The summed E-state index contributed by atoms with van der Waals surface area (Å²) in [6.45, 7) is 0.643. The van der Waals surface area contributed by atoms with Crippen LogP contribution in [0.4, 0.5) is 0 Å². The molecule has 0 spiro atoms. The number of piperidine rings is 1. The summed E-state index contributed by atoms with van der Waals surface area (Å²) in [5.74, 6) is 2.77. The Labute approximate surface area is 203 Å². The van der Waals surface area contributed by atoms with Gasteiger partial charge in [-0.2, -0.15) is 5.10 Å². The standard InChI is InChI=1S/C27H28N4O4/c1-33-20-9-5-7-18(13-20)14-22-17-28-26(35-22)25-11-3-4-12-31(25)27(32)24-16-23(29-30-24)19-8-6-10-21(15-19)34-2/h5-10,13,15-17,25H,3-4,11-12,14H2,1-2H3,(H,29,30)/t25-/m1/s1. The summed E-state index contributed by atoms with van der Waals surface area (Å²) in [6.07, 6.45) is 5.12. The van der Waals surface area contributed by atoms with Crippen molar-refractivity contribution in [2.45, 2.75) is 31.7 Å². The average molecular weight is 473 g/mol. The molecule has 3 heterocycles. The topological polar surface area (TPSA) is 93.5 Å². The van der Waals surface area contributed by atoms with Gasteiger partial charge in [0.15, 0.2) is 0 Å². The minimum Gasteiger partial charge on any atom is -0.497 e. The first-order chi connectivity index (χ1) is 17.1. The first-order valence-electron chi connectivity index (χ1n) is 11.7. The zero-order valence-corrected chi connectivity index (χ0v) is 19.9. The Morgan fingerprint density at radius 3 is 2.71 bits per heavy atom. The highest BCUT2D eigenvalue weighted by Crippen LogP contribution is 2.33. The Balaban J connectivity index is 1.34. The highest BCUT2D eigenvalue weighted by Gasteiger charge is 2.33. The Morgan fingerprint density at radius 2 is 1.89 bits per heavy atom. The number of hydrogen-bond donors (Lipinski definition) is 1. The van der Waals surface area contributed by atoms with Gasteiger partial charge in [-0.3, -0.25) is 9.89 Å². The summed E-state index contributed by atoms with van der Waals surface area (Å²) in [6, 6.07) is 17.1. The monoisotopic (exact) mass is 472 g/mol. The summed E-state index contributed by atoms with van der Waals surface area (Å²) in [5.41, 5.74) is 3.09. The van der Waals surface area contributed by atoms with Gasteiger partial charge in [-0.1, -0.05) is 24.3 Å². The van der Waals surface area contributed by atoms with Crippen molar-refractivity contribution in [3.05, 3.63) is 83.7 Å². The number of hydrogen-bond acceptors (Lipinski definition) is 6. The van der Waals surface area contributed by atoms with Gasteiger partial charge in [0.05, 0.1) is 26.1 Å². The van der Waals surface area contributed by atoms with Crippen molar-refractivity contribution < 1.29 is 18.7 Å². The molecule has 1 aliphatic heterocycles. The van der Waals surface area contributed by atoms with E-state index in [9.17, 15) is 4.79 Å². The number of benzene rings is 2. The third-order valence-electron chi connectivity index (χ3n) is 6.31. The van der Waals surface area contributed by atoms with Crippen molar-refractivity contribution in [3.63, 3.8) is 0 Å². The lowest BCUT2D eigenvalue weighted by Gasteiger charge is -2.33. The molecule has 4 aromatic rings. The van der Waals surface area contributed by atoms with Gasteiger partial charge in [0.2, 0.25) is 5.89 Å². The highest BCUT2D eigenvalue weighted by molar-refractivity contribution is 5.93. The lowest BCUT2D eigenvalue weighted by molar-refractivity contribution is 0.0564. The van der Waals surface area contributed by atoms with E-state index in [1.54, 1.807) is 26.5 Å². The fourth-order valence-corrected chi connectivity index (χ4v) is 4.49. The Kier molecular flexibility index (Phi) is 6.52. The van der Waals surface area contributed by atoms with Crippen LogP contribution in [0.3, 0.4) is 0 Å². The Bertz CT molecular complexity index is 1310. The second kappa shape index (κ2) is 10.0. The number of nitrogens with one attached hydrogen (secondary N) is 1. The molecule has 0 saturated carbocycles. The number of methoxy groups -OCH3 is 2.